The van der Waals surface area contributed by atoms with Gasteiger partial charge in [-0.2, -0.15) is 0 Å². The zero-order valence-electron chi connectivity index (χ0n) is 69.9. The van der Waals surface area contributed by atoms with Gasteiger partial charge >= 0.3 is 39.5 Å². The normalized spacial score (nSPS) is 14.4. The molecule has 0 aliphatic rings. The molecule has 0 amide bonds. The summed E-state index contributed by atoms with van der Waals surface area (Å²) in [6.45, 7) is 12.0. The van der Waals surface area contributed by atoms with Crippen molar-refractivity contribution in [3.63, 3.8) is 0 Å². The SMILES string of the molecule is CCCCCCCCCCCCCCCCCCCCCCC(=O)OC[C@H](COP(=O)(O)OC[C@@H](O)COP(=O)(O)OC[C@@H](COC(=O)CCCCCCCCC(C)CC)OC(=O)CCCCCCCCCCCCCC(C)C)OC(=O)CCCCCCCCCCCCCCCCCCCCC(C)CC. The minimum atomic E-state index is -4.97. The smallest absolute Gasteiger partial charge is 0.462 e. The van der Waals surface area contributed by atoms with Crippen molar-refractivity contribution in [1.82, 2.24) is 0 Å². The highest BCUT2D eigenvalue weighted by molar-refractivity contribution is 7.47. The molecular formula is C87H170O17P2. The molecule has 0 saturated carbocycles. The summed E-state index contributed by atoms with van der Waals surface area (Å²) in [4.78, 5) is 73.2. The van der Waals surface area contributed by atoms with Crippen LogP contribution in [0.3, 0.4) is 0 Å². The van der Waals surface area contributed by atoms with E-state index in [0.29, 0.717) is 25.7 Å². The Kier molecular flexibility index (Phi) is 75.6. The van der Waals surface area contributed by atoms with Gasteiger partial charge < -0.3 is 33.8 Å². The van der Waals surface area contributed by atoms with E-state index < -0.39 is 97.5 Å². The Hall–Kier alpha value is -1.94. The first-order chi connectivity index (χ1) is 51.3. The second kappa shape index (κ2) is 77.0. The Bertz CT molecular complexity index is 2050. The van der Waals surface area contributed by atoms with E-state index in [4.69, 9.17) is 37.0 Å². The van der Waals surface area contributed by atoms with E-state index in [9.17, 15) is 43.2 Å². The molecule has 0 aromatic rings. The minimum Gasteiger partial charge on any atom is -0.462 e. The van der Waals surface area contributed by atoms with Gasteiger partial charge in [-0.1, -0.05) is 408 Å². The number of rotatable bonds is 85. The maximum atomic E-state index is 13.2. The lowest BCUT2D eigenvalue weighted by molar-refractivity contribution is -0.161. The standard InChI is InChI=1S/C87H170O17P2/c1-8-11-12-13-14-15-16-17-18-19-20-21-25-28-31-36-41-46-54-61-68-84(89)97-74-82(103-86(91)70-63-56-47-42-37-32-29-26-23-22-24-27-30-35-40-45-52-59-66-79(6)9-2)76-101-105(93,94)99-72-81(88)73-100-106(95,96)102-77-83(75-98-85(90)69-62-55-50-49-53-60-67-80(7)10-3)104-87(92)71-64-57-48-43-38-33-34-39-44-51-58-65-78(4)5/h78-83,88H,8-77H2,1-7H3,(H,93,94)(H,95,96)/t79?,80?,81-,82-,83-/m1/s1. The van der Waals surface area contributed by atoms with Crippen LogP contribution in [0.2, 0.25) is 0 Å². The largest absolute Gasteiger partial charge is 0.472 e. The molecule has 0 spiro atoms. The number of aliphatic hydroxyl groups excluding tert-OH is 1. The van der Waals surface area contributed by atoms with Crippen LogP contribution in [-0.4, -0.2) is 96.7 Å². The quantitative estimate of drug-likeness (QED) is 0.0222. The summed E-state index contributed by atoms with van der Waals surface area (Å²) in [5.41, 5.74) is 0. The van der Waals surface area contributed by atoms with Crippen LogP contribution in [0.15, 0.2) is 0 Å². The van der Waals surface area contributed by atoms with Crippen LogP contribution in [0.25, 0.3) is 0 Å². The summed E-state index contributed by atoms with van der Waals surface area (Å²) < 4.78 is 68.9. The van der Waals surface area contributed by atoms with Crippen molar-refractivity contribution in [2.24, 2.45) is 17.8 Å². The maximum Gasteiger partial charge on any atom is 0.472 e. The Balaban J connectivity index is 5.22. The number of hydrogen-bond acceptors (Lipinski definition) is 15. The monoisotopic (exact) mass is 1550 g/mol. The zero-order chi connectivity index (χ0) is 77.9. The van der Waals surface area contributed by atoms with Crippen molar-refractivity contribution >= 4 is 39.5 Å². The number of phosphoric ester groups is 2. The number of aliphatic hydroxyl groups is 1. The van der Waals surface area contributed by atoms with Crippen LogP contribution in [0.5, 0.6) is 0 Å². The topological polar surface area (TPSA) is 237 Å². The first kappa shape index (κ1) is 104. The first-order valence-electron chi connectivity index (χ1n) is 44.9. The number of hydrogen-bond donors (Lipinski definition) is 3. The highest BCUT2D eigenvalue weighted by atomic mass is 31.2. The average molecular weight is 1550 g/mol. The number of carbonyl (C=O) groups excluding carboxylic acids is 4. The summed E-state index contributed by atoms with van der Waals surface area (Å²) in [5, 5.41) is 10.7. The van der Waals surface area contributed by atoms with Gasteiger partial charge in [0.15, 0.2) is 12.2 Å². The second-order valence-corrected chi connectivity index (χ2v) is 35.1. The third kappa shape index (κ3) is 77.4. The Morgan fingerprint density at radius 2 is 0.481 bits per heavy atom. The van der Waals surface area contributed by atoms with Gasteiger partial charge in [-0.25, -0.2) is 9.13 Å². The summed E-state index contributed by atoms with van der Waals surface area (Å²) in [6.07, 6.45) is 68.2. The van der Waals surface area contributed by atoms with Crippen LogP contribution in [0.4, 0.5) is 0 Å². The second-order valence-electron chi connectivity index (χ2n) is 32.2. The Morgan fingerprint density at radius 1 is 0.274 bits per heavy atom. The van der Waals surface area contributed by atoms with Gasteiger partial charge in [-0.15, -0.1) is 0 Å². The molecule has 630 valence electrons. The highest BCUT2D eigenvalue weighted by Crippen LogP contribution is 2.45. The minimum absolute atomic E-state index is 0.106. The molecule has 0 radical (unpaired) electrons. The van der Waals surface area contributed by atoms with E-state index >= 15 is 0 Å². The Labute approximate surface area is 651 Å². The molecule has 0 aliphatic carbocycles. The van der Waals surface area contributed by atoms with Crippen molar-refractivity contribution in [1.29, 1.82) is 0 Å². The van der Waals surface area contributed by atoms with E-state index in [1.807, 2.05) is 0 Å². The molecule has 4 unspecified atom stereocenters. The van der Waals surface area contributed by atoms with Crippen LogP contribution >= 0.6 is 15.6 Å². The fourth-order valence-electron chi connectivity index (χ4n) is 13.5. The lowest BCUT2D eigenvalue weighted by Gasteiger charge is -2.21. The predicted octanol–water partition coefficient (Wildman–Crippen LogP) is 26.5. The van der Waals surface area contributed by atoms with Crippen molar-refractivity contribution in [2.45, 2.75) is 478 Å². The molecule has 0 bridgehead atoms. The van der Waals surface area contributed by atoms with E-state index in [-0.39, 0.29) is 25.7 Å². The van der Waals surface area contributed by atoms with Crippen molar-refractivity contribution < 1.29 is 80.2 Å². The lowest BCUT2D eigenvalue weighted by atomic mass is 9.99. The number of esters is 4. The van der Waals surface area contributed by atoms with Gasteiger partial charge in [0.05, 0.1) is 26.4 Å². The van der Waals surface area contributed by atoms with Gasteiger partial charge in [0.25, 0.3) is 0 Å². The van der Waals surface area contributed by atoms with Crippen LogP contribution in [0, 0.1) is 17.8 Å². The summed E-state index contributed by atoms with van der Waals surface area (Å²) >= 11 is 0. The number of ether oxygens (including phenoxy) is 4. The predicted molar refractivity (Wildman–Crippen MR) is 437 cm³/mol. The van der Waals surface area contributed by atoms with Gasteiger partial charge in [0.1, 0.15) is 19.3 Å². The van der Waals surface area contributed by atoms with Crippen LogP contribution in [-0.2, 0) is 65.4 Å². The molecule has 0 aliphatic heterocycles. The lowest BCUT2D eigenvalue weighted by Crippen LogP contribution is -2.30. The number of carbonyl (C=O) groups is 4. The molecule has 0 saturated heterocycles. The average Bonchev–Trinajstić information content (AvgIpc) is 0.911. The van der Waals surface area contributed by atoms with Gasteiger partial charge in [-0.05, 0) is 43.4 Å². The fourth-order valence-corrected chi connectivity index (χ4v) is 15.1. The van der Waals surface area contributed by atoms with E-state index in [1.165, 1.54) is 263 Å². The third-order valence-electron chi connectivity index (χ3n) is 21.1. The molecule has 0 aromatic carbocycles. The van der Waals surface area contributed by atoms with E-state index in [1.54, 1.807) is 0 Å². The van der Waals surface area contributed by atoms with Gasteiger partial charge in [0, 0.05) is 25.7 Å². The van der Waals surface area contributed by atoms with Crippen molar-refractivity contribution in [2.75, 3.05) is 39.6 Å². The molecule has 106 heavy (non-hydrogen) atoms. The van der Waals surface area contributed by atoms with Crippen LogP contribution in [0.1, 0.15) is 459 Å². The third-order valence-corrected chi connectivity index (χ3v) is 23.0. The molecule has 0 heterocycles. The Morgan fingerprint density at radius 3 is 0.717 bits per heavy atom. The van der Waals surface area contributed by atoms with Crippen molar-refractivity contribution in [3.8, 4) is 0 Å². The van der Waals surface area contributed by atoms with E-state index in [0.717, 1.165) is 114 Å². The highest BCUT2D eigenvalue weighted by Gasteiger charge is 2.31. The number of unbranched alkanes of at least 4 members (excludes halogenated alkanes) is 51. The maximum absolute atomic E-state index is 13.2. The zero-order valence-corrected chi connectivity index (χ0v) is 71.7. The molecule has 0 aromatic heterocycles. The van der Waals surface area contributed by atoms with Crippen molar-refractivity contribution in [3.05, 3.63) is 0 Å². The molecule has 3 N–H and O–H groups in total. The van der Waals surface area contributed by atoms with Crippen LogP contribution < -0.4 is 0 Å². The summed E-state index contributed by atoms with van der Waals surface area (Å²) in [6, 6.07) is 0. The fraction of sp³-hybridized carbons (Fsp3) is 0.954. The summed E-state index contributed by atoms with van der Waals surface area (Å²) in [5.74, 6) is 0.261. The summed E-state index contributed by atoms with van der Waals surface area (Å²) in [7, 11) is -9.93. The van der Waals surface area contributed by atoms with E-state index in [2.05, 4.69) is 48.5 Å². The molecule has 0 rings (SSSR count). The molecule has 7 atom stereocenters. The van der Waals surface area contributed by atoms with Gasteiger partial charge in [0.2, 0.25) is 0 Å². The number of phosphoric acid groups is 2. The molecular weight excluding hydrogens is 1380 g/mol. The molecule has 19 heteroatoms. The van der Waals surface area contributed by atoms with Gasteiger partial charge in [-0.3, -0.25) is 37.3 Å². The molecule has 0 fully saturated rings. The first-order valence-corrected chi connectivity index (χ1v) is 47.9. The molecule has 17 nitrogen and oxygen atoms in total.